The van der Waals surface area contributed by atoms with E-state index in [1.807, 2.05) is 30.5 Å². The Hall–Kier alpha value is -2.93. The SMILES string of the molecule is Cc1cc(NC(=O)[C@@H]2[C@@H](C(=O)O)[C@H]3C=C[C@@H]2C3)ccc1NC(=O)c1cccs1. The van der Waals surface area contributed by atoms with Gasteiger partial charge in [0.25, 0.3) is 5.91 Å². The molecular weight excluding hydrogens is 376 g/mol. The van der Waals surface area contributed by atoms with Crippen molar-refractivity contribution in [2.24, 2.45) is 23.7 Å². The number of nitrogens with one attached hydrogen (secondary N) is 2. The molecule has 3 N–H and O–H groups in total. The van der Waals surface area contributed by atoms with E-state index in [2.05, 4.69) is 10.6 Å². The predicted molar refractivity (Wildman–Crippen MR) is 107 cm³/mol. The molecule has 6 nitrogen and oxygen atoms in total. The zero-order chi connectivity index (χ0) is 19.8. The molecule has 1 saturated carbocycles. The Labute approximate surface area is 166 Å². The fourth-order valence-corrected chi connectivity index (χ4v) is 4.83. The van der Waals surface area contributed by atoms with Gasteiger partial charge in [-0.25, -0.2) is 0 Å². The Morgan fingerprint density at radius 3 is 2.46 bits per heavy atom. The van der Waals surface area contributed by atoms with Gasteiger partial charge in [-0.1, -0.05) is 18.2 Å². The second kappa shape index (κ2) is 7.24. The van der Waals surface area contributed by atoms with Gasteiger partial charge >= 0.3 is 5.97 Å². The first-order chi connectivity index (χ1) is 13.4. The van der Waals surface area contributed by atoms with E-state index in [1.165, 1.54) is 11.3 Å². The number of hydrogen-bond donors (Lipinski definition) is 3. The summed E-state index contributed by atoms with van der Waals surface area (Å²) in [6, 6.07) is 8.81. The number of carboxylic acid groups (broad SMARTS) is 1. The Bertz CT molecular complexity index is 967. The Balaban J connectivity index is 1.46. The van der Waals surface area contributed by atoms with E-state index < -0.39 is 17.8 Å². The van der Waals surface area contributed by atoms with Crippen molar-refractivity contribution in [2.75, 3.05) is 10.6 Å². The summed E-state index contributed by atoms with van der Waals surface area (Å²) in [5.41, 5.74) is 2.07. The molecule has 1 aromatic heterocycles. The van der Waals surface area contributed by atoms with Gasteiger partial charge in [0.1, 0.15) is 0 Å². The number of aliphatic carboxylic acids is 1. The highest BCUT2D eigenvalue weighted by atomic mass is 32.1. The van der Waals surface area contributed by atoms with E-state index in [0.29, 0.717) is 16.3 Å². The Morgan fingerprint density at radius 2 is 1.82 bits per heavy atom. The maximum Gasteiger partial charge on any atom is 0.307 e. The van der Waals surface area contributed by atoms with Crippen molar-refractivity contribution in [1.82, 2.24) is 0 Å². The molecule has 1 fully saturated rings. The summed E-state index contributed by atoms with van der Waals surface area (Å²) in [4.78, 5) is 37.2. The summed E-state index contributed by atoms with van der Waals surface area (Å²) < 4.78 is 0. The summed E-state index contributed by atoms with van der Waals surface area (Å²) in [7, 11) is 0. The van der Waals surface area contributed by atoms with Crippen LogP contribution in [0.1, 0.15) is 21.7 Å². The standard InChI is InChI=1S/C21H20N2O4S/c1-11-9-14(6-7-15(11)23-19(24)16-3-2-8-28-16)22-20(25)17-12-4-5-13(10-12)18(17)21(26)27/h2-9,12-13,17-18H,10H2,1H3,(H,22,25)(H,23,24)(H,26,27)/t12-,13+,17+,18+/m1/s1. The molecule has 0 unspecified atom stereocenters. The normalized spacial score (nSPS) is 24.9. The highest BCUT2D eigenvalue weighted by Gasteiger charge is 2.51. The molecule has 2 aliphatic rings. The Morgan fingerprint density at radius 1 is 1.07 bits per heavy atom. The lowest BCUT2D eigenvalue weighted by Gasteiger charge is -2.24. The third kappa shape index (κ3) is 3.33. The van der Waals surface area contributed by atoms with Crippen LogP contribution in [-0.4, -0.2) is 22.9 Å². The molecule has 1 heterocycles. The van der Waals surface area contributed by atoms with Crippen LogP contribution in [0.25, 0.3) is 0 Å². The summed E-state index contributed by atoms with van der Waals surface area (Å²) in [6.07, 6.45) is 4.60. The number of carbonyl (C=O) groups excluding carboxylic acids is 2. The second-order valence-corrected chi connectivity index (χ2v) is 8.24. The minimum Gasteiger partial charge on any atom is -0.481 e. The van der Waals surface area contributed by atoms with Gasteiger partial charge in [-0.3, -0.25) is 14.4 Å². The average molecular weight is 396 g/mol. The van der Waals surface area contributed by atoms with Crippen LogP contribution < -0.4 is 10.6 Å². The number of carbonyl (C=O) groups is 3. The van der Waals surface area contributed by atoms with Gasteiger partial charge in [0.15, 0.2) is 0 Å². The smallest absolute Gasteiger partial charge is 0.307 e. The van der Waals surface area contributed by atoms with Crippen LogP contribution in [0.4, 0.5) is 11.4 Å². The maximum atomic E-state index is 12.8. The van der Waals surface area contributed by atoms with Crippen molar-refractivity contribution in [3.63, 3.8) is 0 Å². The molecule has 4 atom stereocenters. The van der Waals surface area contributed by atoms with Gasteiger partial charge in [-0.15, -0.1) is 11.3 Å². The molecule has 0 aliphatic heterocycles. The fourth-order valence-electron chi connectivity index (χ4n) is 4.22. The molecular formula is C21H20N2O4S. The zero-order valence-corrected chi connectivity index (χ0v) is 16.0. The van der Waals surface area contributed by atoms with E-state index in [-0.39, 0.29) is 23.7 Å². The van der Waals surface area contributed by atoms with Gasteiger partial charge in [0, 0.05) is 11.4 Å². The lowest BCUT2D eigenvalue weighted by molar-refractivity contribution is -0.146. The van der Waals surface area contributed by atoms with Crippen LogP contribution in [0.2, 0.25) is 0 Å². The molecule has 0 spiro atoms. The van der Waals surface area contributed by atoms with Crippen molar-refractivity contribution in [3.8, 4) is 0 Å². The monoisotopic (exact) mass is 396 g/mol. The molecule has 2 aromatic rings. The molecule has 0 saturated heterocycles. The molecule has 2 bridgehead atoms. The van der Waals surface area contributed by atoms with Crippen LogP contribution in [0.5, 0.6) is 0 Å². The predicted octanol–water partition coefficient (Wildman–Crippen LogP) is 3.77. The number of fused-ring (bicyclic) bond motifs is 2. The Kier molecular flexibility index (Phi) is 4.77. The van der Waals surface area contributed by atoms with Crippen molar-refractivity contribution in [2.45, 2.75) is 13.3 Å². The van der Waals surface area contributed by atoms with Gasteiger partial charge in [0.2, 0.25) is 5.91 Å². The van der Waals surface area contributed by atoms with Crippen LogP contribution in [0.3, 0.4) is 0 Å². The van der Waals surface area contributed by atoms with E-state index in [0.717, 1.165) is 12.0 Å². The largest absolute Gasteiger partial charge is 0.481 e. The van der Waals surface area contributed by atoms with E-state index in [1.54, 1.807) is 24.3 Å². The van der Waals surface area contributed by atoms with Gasteiger partial charge in [-0.2, -0.15) is 0 Å². The first-order valence-corrected chi connectivity index (χ1v) is 9.99. The van der Waals surface area contributed by atoms with Crippen molar-refractivity contribution in [3.05, 3.63) is 58.3 Å². The third-order valence-electron chi connectivity index (χ3n) is 5.53. The van der Waals surface area contributed by atoms with Crippen molar-refractivity contribution in [1.29, 1.82) is 0 Å². The summed E-state index contributed by atoms with van der Waals surface area (Å²) in [6.45, 7) is 1.85. The molecule has 7 heteroatoms. The number of amides is 2. The van der Waals surface area contributed by atoms with Gasteiger partial charge in [0.05, 0.1) is 16.7 Å². The number of carboxylic acids is 1. The van der Waals surface area contributed by atoms with Gasteiger partial charge < -0.3 is 15.7 Å². The number of allylic oxidation sites excluding steroid dienone is 2. The van der Waals surface area contributed by atoms with E-state index in [9.17, 15) is 19.5 Å². The van der Waals surface area contributed by atoms with Crippen molar-refractivity contribution < 1.29 is 19.5 Å². The minimum atomic E-state index is -0.917. The quantitative estimate of drug-likeness (QED) is 0.671. The number of aryl methyl sites for hydroxylation is 1. The summed E-state index contributed by atoms with van der Waals surface area (Å²) in [5.74, 6) is -2.65. The number of rotatable bonds is 5. The lowest BCUT2D eigenvalue weighted by Crippen LogP contribution is -2.36. The molecule has 144 valence electrons. The number of thiophene rings is 1. The summed E-state index contributed by atoms with van der Waals surface area (Å²) >= 11 is 1.37. The summed E-state index contributed by atoms with van der Waals surface area (Å²) in [5, 5.41) is 17.1. The molecule has 1 aromatic carbocycles. The third-order valence-corrected chi connectivity index (χ3v) is 6.40. The van der Waals surface area contributed by atoms with Gasteiger partial charge in [-0.05, 0) is 60.4 Å². The van der Waals surface area contributed by atoms with Crippen LogP contribution in [0, 0.1) is 30.6 Å². The topological polar surface area (TPSA) is 95.5 Å². The maximum absolute atomic E-state index is 12.8. The zero-order valence-electron chi connectivity index (χ0n) is 15.2. The lowest BCUT2D eigenvalue weighted by atomic mass is 9.82. The van der Waals surface area contributed by atoms with E-state index in [4.69, 9.17) is 0 Å². The first-order valence-electron chi connectivity index (χ1n) is 9.11. The molecule has 2 amide bonds. The molecule has 2 aliphatic carbocycles. The highest BCUT2D eigenvalue weighted by Crippen LogP contribution is 2.48. The fraction of sp³-hybridized carbons (Fsp3) is 0.286. The molecule has 0 radical (unpaired) electrons. The van der Waals surface area contributed by atoms with Crippen LogP contribution in [0.15, 0.2) is 47.9 Å². The molecule has 4 rings (SSSR count). The van der Waals surface area contributed by atoms with Crippen LogP contribution in [-0.2, 0) is 9.59 Å². The minimum absolute atomic E-state index is 0.0171. The average Bonchev–Trinajstić information content (AvgIpc) is 3.40. The number of benzene rings is 1. The van der Waals surface area contributed by atoms with E-state index >= 15 is 0 Å². The number of hydrogen-bond acceptors (Lipinski definition) is 4. The van der Waals surface area contributed by atoms with Crippen LogP contribution >= 0.6 is 11.3 Å². The van der Waals surface area contributed by atoms with Crippen molar-refractivity contribution >= 4 is 40.5 Å². The first kappa shape index (κ1) is 18.4. The molecule has 28 heavy (non-hydrogen) atoms. The highest BCUT2D eigenvalue weighted by molar-refractivity contribution is 7.12. The second-order valence-electron chi connectivity index (χ2n) is 7.29. The number of anilines is 2.